The van der Waals surface area contributed by atoms with Crippen LogP contribution in [0.25, 0.3) is 0 Å². The predicted molar refractivity (Wildman–Crippen MR) is 37.8 cm³/mol. The van der Waals surface area contributed by atoms with Gasteiger partial charge in [0.1, 0.15) is 0 Å². The van der Waals surface area contributed by atoms with Gasteiger partial charge >= 0.3 is 6.18 Å². The average molecular weight is 181 g/mol. The maximum atomic E-state index is 12.1. The van der Waals surface area contributed by atoms with Crippen molar-refractivity contribution >= 4 is 0 Å². The van der Waals surface area contributed by atoms with Gasteiger partial charge < -0.3 is 10.1 Å². The number of ether oxygens (including phenoxy) is 1. The number of morpholine rings is 1. The highest BCUT2D eigenvalue weighted by molar-refractivity contribution is 4.88. The van der Waals surface area contributed by atoms with Crippen molar-refractivity contribution in [1.82, 2.24) is 5.32 Å². The quantitative estimate of drug-likeness (QED) is 0.611. The predicted octanol–water partition coefficient (Wildman–Crippen LogP) is 1.09. The van der Waals surface area contributed by atoms with E-state index in [1.165, 1.54) is 6.08 Å². The first-order chi connectivity index (χ1) is 5.54. The standard InChI is InChI=1S/C7H10F3NO/c1-2-5-3-11-4-6(12-5)7(8,9)10/h2,5-6,11H,1,3-4H2/t5-,6+/m0/s1. The van der Waals surface area contributed by atoms with Crippen LogP contribution in [0.2, 0.25) is 0 Å². The van der Waals surface area contributed by atoms with E-state index in [2.05, 4.69) is 11.9 Å². The summed E-state index contributed by atoms with van der Waals surface area (Å²) in [6.07, 6.45) is -5.15. The summed E-state index contributed by atoms with van der Waals surface area (Å²) < 4.78 is 40.8. The van der Waals surface area contributed by atoms with E-state index in [0.29, 0.717) is 6.54 Å². The van der Waals surface area contributed by atoms with Crippen LogP contribution in [0.3, 0.4) is 0 Å². The summed E-state index contributed by atoms with van der Waals surface area (Å²) in [6, 6.07) is 0. The number of nitrogens with one attached hydrogen (secondary N) is 1. The van der Waals surface area contributed by atoms with Gasteiger partial charge in [0.2, 0.25) is 0 Å². The highest BCUT2D eigenvalue weighted by Crippen LogP contribution is 2.25. The molecule has 0 spiro atoms. The molecule has 12 heavy (non-hydrogen) atoms. The fourth-order valence-corrected chi connectivity index (χ4v) is 0.996. The van der Waals surface area contributed by atoms with E-state index < -0.39 is 18.4 Å². The minimum absolute atomic E-state index is 0.173. The van der Waals surface area contributed by atoms with Gasteiger partial charge in [-0.1, -0.05) is 6.08 Å². The largest absolute Gasteiger partial charge is 0.415 e. The van der Waals surface area contributed by atoms with E-state index in [9.17, 15) is 13.2 Å². The number of rotatable bonds is 1. The van der Waals surface area contributed by atoms with Gasteiger partial charge in [0, 0.05) is 13.1 Å². The Labute approximate surface area is 68.4 Å². The zero-order valence-corrected chi connectivity index (χ0v) is 6.40. The highest BCUT2D eigenvalue weighted by atomic mass is 19.4. The van der Waals surface area contributed by atoms with Crippen molar-refractivity contribution in [1.29, 1.82) is 0 Å². The molecule has 2 atom stereocenters. The Morgan fingerprint density at radius 3 is 2.58 bits per heavy atom. The van der Waals surface area contributed by atoms with Gasteiger partial charge in [-0.3, -0.25) is 0 Å². The van der Waals surface area contributed by atoms with Crippen LogP contribution in [0.4, 0.5) is 13.2 Å². The lowest BCUT2D eigenvalue weighted by Gasteiger charge is -2.30. The molecule has 1 aliphatic rings. The van der Waals surface area contributed by atoms with Crippen molar-refractivity contribution in [2.75, 3.05) is 13.1 Å². The van der Waals surface area contributed by atoms with E-state index in [1.807, 2.05) is 0 Å². The smallest absolute Gasteiger partial charge is 0.359 e. The lowest BCUT2D eigenvalue weighted by Crippen LogP contribution is -2.50. The van der Waals surface area contributed by atoms with Crippen molar-refractivity contribution < 1.29 is 17.9 Å². The van der Waals surface area contributed by atoms with Crippen LogP contribution in [0.15, 0.2) is 12.7 Å². The summed E-state index contributed by atoms with van der Waals surface area (Å²) in [6.45, 7) is 3.59. The maximum Gasteiger partial charge on any atom is 0.415 e. The molecule has 5 heteroatoms. The van der Waals surface area contributed by atoms with Gasteiger partial charge in [0.05, 0.1) is 6.10 Å². The van der Waals surface area contributed by atoms with Crippen molar-refractivity contribution in [3.05, 3.63) is 12.7 Å². The van der Waals surface area contributed by atoms with E-state index in [0.717, 1.165) is 0 Å². The maximum absolute atomic E-state index is 12.1. The second-order valence-corrected chi connectivity index (χ2v) is 2.60. The highest BCUT2D eigenvalue weighted by Gasteiger charge is 2.43. The van der Waals surface area contributed by atoms with Gasteiger partial charge in [-0.2, -0.15) is 13.2 Å². The monoisotopic (exact) mass is 181 g/mol. The number of alkyl halides is 3. The normalized spacial score (nSPS) is 31.6. The van der Waals surface area contributed by atoms with Crippen LogP contribution >= 0.6 is 0 Å². The van der Waals surface area contributed by atoms with Crippen molar-refractivity contribution in [2.45, 2.75) is 18.4 Å². The summed E-state index contributed by atoms with van der Waals surface area (Å²) in [5.41, 5.74) is 0. The van der Waals surface area contributed by atoms with Crippen molar-refractivity contribution in [3.8, 4) is 0 Å². The zero-order chi connectivity index (χ0) is 9.19. The molecular formula is C7H10F3NO. The number of halogens is 3. The Morgan fingerprint density at radius 2 is 2.08 bits per heavy atom. The SMILES string of the molecule is C=C[C@H]1CNC[C@H](C(F)(F)F)O1. The first kappa shape index (κ1) is 9.54. The van der Waals surface area contributed by atoms with E-state index in [4.69, 9.17) is 4.74 Å². The molecule has 70 valence electrons. The molecule has 2 nitrogen and oxygen atoms in total. The Hall–Kier alpha value is -0.550. The molecule has 0 radical (unpaired) electrons. The summed E-state index contributed by atoms with van der Waals surface area (Å²) in [7, 11) is 0. The Morgan fingerprint density at radius 1 is 1.42 bits per heavy atom. The van der Waals surface area contributed by atoms with Gasteiger partial charge in [-0.05, 0) is 0 Å². The Kier molecular flexibility index (Phi) is 2.74. The van der Waals surface area contributed by atoms with Gasteiger partial charge in [0.15, 0.2) is 6.10 Å². The molecule has 0 aromatic heterocycles. The van der Waals surface area contributed by atoms with E-state index >= 15 is 0 Å². The first-order valence-electron chi connectivity index (χ1n) is 3.59. The third kappa shape index (κ3) is 2.22. The fraction of sp³-hybridized carbons (Fsp3) is 0.714. The van der Waals surface area contributed by atoms with Crippen LogP contribution < -0.4 is 5.32 Å². The second-order valence-electron chi connectivity index (χ2n) is 2.60. The topological polar surface area (TPSA) is 21.3 Å². The second kappa shape index (κ2) is 3.45. The molecule has 0 aromatic carbocycles. The van der Waals surface area contributed by atoms with Crippen LogP contribution in [0, 0.1) is 0 Å². The molecule has 1 N–H and O–H groups in total. The number of hydrogen-bond donors (Lipinski definition) is 1. The summed E-state index contributed by atoms with van der Waals surface area (Å²) in [5.74, 6) is 0. The summed E-state index contributed by atoms with van der Waals surface area (Å²) in [5, 5.41) is 2.63. The van der Waals surface area contributed by atoms with Crippen LogP contribution in [0.5, 0.6) is 0 Å². The molecule has 0 aromatic rings. The molecular weight excluding hydrogens is 171 g/mol. The molecule has 0 bridgehead atoms. The van der Waals surface area contributed by atoms with Gasteiger partial charge in [-0.15, -0.1) is 6.58 Å². The minimum Gasteiger partial charge on any atom is -0.359 e. The van der Waals surface area contributed by atoms with Gasteiger partial charge in [-0.25, -0.2) is 0 Å². The van der Waals surface area contributed by atoms with Crippen LogP contribution in [0.1, 0.15) is 0 Å². The lowest BCUT2D eigenvalue weighted by molar-refractivity contribution is -0.233. The third-order valence-corrected chi connectivity index (χ3v) is 1.64. The molecule has 0 aliphatic carbocycles. The van der Waals surface area contributed by atoms with Crippen LogP contribution in [-0.2, 0) is 4.74 Å². The number of hydrogen-bond acceptors (Lipinski definition) is 2. The molecule has 0 amide bonds. The molecule has 1 aliphatic heterocycles. The van der Waals surface area contributed by atoms with Crippen molar-refractivity contribution in [3.63, 3.8) is 0 Å². The Balaban J connectivity index is 2.51. The first-order valence-corrected chi connectivity index (χ1v) is 3.59. The molecule has 0 saturated carbocycles. The molecule has 0 unspecified atom stereocenters. The van der Waals surface area contributed by atoms with Crippen molar-refractivity contribution in [2.24, 2.45) is 0 Å². The van der Waals surface area contributed by atoms with E-state index in [1.54, 1.807) is 0 Å². The molecule has 1 saturated heterocycles. The summed E-state index contributed by atoms with van der Waals surface area (Å²) >= 11 is 0. The zero-order valence-electron chi connectivity index (χ0n) is 6.40. The molecule has 1 rings (SSSR count). The van der Waals surface area contributed by atoms with Gasteiger partial charge in [0.25, 0.3) is 0 Å². The lowest BCUT2D eigenvalue weighted by atomic mass is 10.2. The molecule has 1 heterocycles. The third-order valence-electron chi connectivity index (χ3n) is 1.64. The Bertz CT molecular complexity index is 169. The fourth-order valence-electron chi connectivity index (χ4n) is 0.996. The summed E-state index contributed by atoms with van der Waals surface area (Å²) in [4.78, 5) is 0. The van der Waals surface area contributed by atoms with E-state index in [-0.39, 0.29) is 6.54 Å². The molecule has 1 fully saturated rings. The minimum atomic E-state index is -4.28. The average Bonchev–Trinajstić information content (AvgIpc) is 2.03. The van der Waals surface area contributed by atoms with Crippen LogP contribution in [-0.4, -0.2) is 31.5 Å².